The maximum absolute atomic E-state index is 12.8. The zero-order valence-electron chi connectivity index (χ0n) is 15.1. The summed E-state index contributed by atoms with van der Waals surface area (Å²) in [7, 11) is 1.58. The fraction of sp³-hybridized carbons (Fsp3) is 0.286. The van der Waals surface area contributed by atoms with Gasteiger partial charge >= 0.3 is 0 Å². The summed E-state index contributed by atoms with van der Waals surface area (Å²) < 4.78 is 16.5. The van der Waals surface area contributed by atoms with Gasteiger partial charge in [0.15, 0.2) is 5.76 Å². The van der Waals surface area contributed by atoms with E-state index in [9.17, 15) is 4.79 Å². The van der Waals surface area contributed by atoms with Crippen LogP contribution in [0.1, 0.15) is 12.8 Å². The van der Waals surface area contributed by atoms with Crippen molar-refractivity contribution in [3.8, 4) is 18.1 Å². The number of anilines is 1. The van der Waals surface area contributed by atoms with E-state index in [2.05, 4.69) is 18.5 Å². The van der Waals surface area contributed by atoms with E-state index in [4.69, 9.17) is 20.6 Å². The number of rotatable bonds is 5. The highest BCUT2D eigenvalue weighted by Gasteiger charge is 2.28. The van der Waals surface area contributed by atoms with Crippen LogP contribution >= 0.6 is 12.6 Å². The van der Waals surface area contributed by atoms with Crippen LogP contribution in [0.15, 0.2) is 59.6 Å². The molecule has 1 aromatic carbocycles. The number of hydrogen-bond acceptors (Lipinski definition) is 5. The molecule has 0 radical (unpaired) electrons. The van der Waals surface area contributed by atoms with Gasteiger partial charge in [0.05, 0.1) is 12.8 Å². The van der Waals surface area contributed by atoms with Crippen molar-refractivity contribution in [1.29, 1.82) is 0 Å². The van der Waals surface area contributed by atoms with E-state index in [1.807, 2.05) is 30.3 Å². The predicted octanol–water partition coefficient (Wildman–Crippen LogP) is 3.45. The fourth-order valence-electron chi connectivity index (χ4n) is 2.98. The Balaban J connectivity index is 1.77. The largest absolute Gasteiger partial charge is 0.493 e. The molecule has 0 bridgehead atoms. The molecule has 0 saturated heterocycles. The van der Waals surface area contributed by atoms with Crippen LogP contribution in [0.3, 0.4) is 0 Å². The second-order valence-electron chi connectivity index (χ2n) is 6.00. The third kappa shape index (κ3) is 4.32. The van der Waals surface area contributed by atoms with Crippen molar-refractivity contribution in [2.24, 2.45) is 0 Å². The molecule has 1 amide bonds. The molecule has 3 rings (SSSR count). The highest BCUT2D eigenvalue weighted by atomic mass is 32.1. The number of carbonyl (C=O) groups is 1. The summed E-state index contributed by atoms with van der Waals surface area (Å²) in [5, 5.41) is -0.337. The number of nitrogens with zero attached hydrogens (tertiary/aromatic N) is 1. The van der Waals surface area contributed by atoms with Gasteiger partial charge in [-0.05, 0) is 30.2 Å². The summed E-state index contributed by atoms with van der Waals surface area (Å²) in [4.78, 5) is 14.4. The highest BCUT2D eigenvalue weighted by Crippen LogP contribution is 2.35. The van der Waals surface area contributed by atoms with E-state index in [1.54, 1.807) is 24.2 Å². The van der Waals surface area contributed by atoms with Crippen LogP contribution in [0.5, 0.6) is 5.75 Å². The minimum Gasteiger partial charge on any atom is -0.493 e. The Labute approximate surface area is 164 Å². The number of carbonyl (C=O) groups excluding carboxylic acids is 1. The van der Waals surface area contributed by atoms with E-state index in [0.29, 0.717) is 24.5 Å². The first kappa shape index (κ1) is 19.0. The molecule has 0 fully saturated rings. The topological polar surface area (TPSA) is 48.0 Å². The second kappa shape index (κ2) is 8.74. The molecule has 0 saturated carbocycles. The van der Waals surface area contributed by atoms with Gasteiger partial charge in [0, 0.05) is 12.5 Å². The molecule has 0 spiro atoms. The molecular formula is C21H21NO4S. The van der Waals surface area contributed by atoms with Gasteiger partial charge < -0.3 is 14.2 Å². The first-order chi connectivity index (χ1) is 13.1. The molecule has 1 unspecified atom stereocenters. The Bertz CT molecular complexity index is 850. The van der Waals surface area contributed by atoms with Crippen molar-refractivity contribution in [3.63, 3.8) is 0 Å². The number of para-hydroxylation sites is 2. The van der Waals surface area contributed by atoms with E-state index in [0.717, 1.165) is 23.4 Å². The molecule has 140 valence electrons. The Morgan fingerprint density at radius 3 is 3.04 bits per heavy atom. The molecule has 1 aliphatic heterocycles. The maximum atomic E-state index is 12.8. The molecule has 0 N–H and O–H groups in total. The summed E-state index contributed by atoms with van der Waals surface area (Å²) in [6.45, 7) is 0.550. The lowest BCUT2D eigenvalue weighted by molar-refractivity contribution is -0.114. The standard InChI is InChI=1S/C21H21NO4S/c1-3-12-25-18-10-8-15(13-19(18)24-2)9-11-20(23)22-16-6-4-5-7-17(16)26-14-21(22)27/h1,4-7,9,11,13,21,27H,8,10,12,14H2,2H3/b11-9+. The Morgan fingerprint density at radius 1 is 1.44 bits per heavy atom. The number of fused-ring (bicyclic) bond motifs is 1. The molecule has 5 nitrogen and oxygen atoms in total. The zero-order chi connectivity index (χ0) is 19.2. The molecule has 27 heavy (non-hydrogen) atoms. The average Bonchev–Trinajstić information content (AvgIpc) is 2.70. The number of methoxy groups -OCH3 is 1. The Kier molecular flexibility index (Phi) is 6.15. The molecular weight excluding hydrogens is 362 g/mol. The fourth-order valence-corrected chi connectivity index (χ4v) is 3.29. The molecule has 0 aromatic heterocycles. The van der Waals surface area contributed by atoms with Gasteiger partial charge in [-0.1, -0.05) is 24.1 Å². The van der Waals surface area contributed by atoms with Gasteiger partial charge in [0.2, 0.25) is 0 Å². The van der Waals surface area contributed by atoms with E-state index >= 15 is 0 Å². The van der Waals surface area contributed by atoms with Gasteiger partial charge in [0.25, 0.3) is 5.91 Å². The molecule has 6 heteroatoms. The lowest BCUT2D eigenvalue weighted by Crippen LogP contribution is -2.43. The number of hydrogen-bond donors (Lipinski definition) is 1. The highest BCUT2D eigenvalue weighted by molar-refractivity contribution is 7.81. The molecule has 2 aliphatic rings. The minimum atomic E-state index is -0.337. The van der Waals surface area contributed by atoms with Gasteiger partial charge in [-0.15, -0.1) is 6.42 Å². The van der Waals surface area contributed by atoms with Crippen LogP contribution in [-0.4, -0.2) is 31.6 Å². The van der Waals surface area contributed by atoms with Gasteiger partial charge in [-0.3, -0.25) is 9.69 Å². The van der Waals surface area contributed by atoms with Crippen molar-refractivity contribution in [2.75, 3.05) is 25.2 Å². The van der Waals surface area contributed by atoms with Crippen LogP contribution in [0.25, 0.3) is 0 Å². The van der Waals surface area contributed by atoms with Crippen molar-refractivity contribution >= 4 is 24.2 Å². The predicted molar refractivity (Wildman–Crippen MR) is 107 cm³/mol. The lowest BCUT2D eigenvalue weighted by Gasteiger charge is -2.33. The number of ether oxygens (including phenoxy) is 3. The quantitative estimate of drug-likeness (QED) is 0.481. The Hall–Kier alpha value is -2.78. The van der Waals surface area contributed by atoms with Gasteiger partial charge in [-0.2, -0.15) is 12.6 Å². The number of benzene rings is 1. The smallest absolute Gasteiger partial charge is 0.252 e. The third-order valence-electron chi connectivity index (χ3n) is 4.27. The van der Waals surface area contributed by atoms with Crippen LogP contribution in [0.4, 0.5) is 5.69 Å². The molecule has 1 aromatic rings. The van der Waals surface area contributed by atoms with Gasteiger partial charge in [0.1, 0.15) is 30.1 Å². The van der Waals surface area contributed by atoms with Crippen molar-refractivity contribution in [3.05, 3.63) is 59.6 Å². The van der Waals surface area contributed by atoms with Crippen LogP contribution in [0.2, 0.25) is 0 Å². The van der Waals surface area contributed by atoms with E-state index in [-0.39, 0.29) is 17.9 Å². The first-order valence-corrected chi connectivity index (χ1v) is 9.11. The van der Waals surface area contributed by atoms with Crippen LogP contribution in [0, 0.1) is 12.3 Å². The minimum absolute atomic E-state index is 0.149. The summed E-state index contributed by atoms with van der Waals surface area (Å²) in [6.07, 6.45) is 11.9. The second-order valence-corrected chi connectivity index (χ2v) is 6.60. The lowest BCUT2D eigenvalue weighted by atomic mass is 10.0. The normalized spacial score (nSPS) is 19.1. The van der Waals surface area contributed by atoms with E-state index < -0.39 is 0 Å². The van der Waals surface area contributed by atoms with E-state index in [1.165, 1.54) is 0 Å². The average molecular weight is 383 g/mol. The SMILES string of the molecule is C#CCOC1=C(OC)C=C(/C=C/C(=O)N2c3ccccc3OCC2S)CC1. The first-order valence-electron chi connectivity index (χ1n) is 8.59. The summed E-state index contributed by atoms with van der Waals surface area (Å²) >= 11 is 4.49. The van der Waals surface area contributed by atoms with Gasteiger partial charge in [-0.25, -0.2) is 0 Å². The number of terminal acetylenes is 1. The third-order valence-corrected chi connectivity index (χ3v) is 4.65. The van der Waals surface area contributed by atoms with Crippen molar-refractivity contribution < 1.29 is 19.0 Å². The van der Waals surface area contributed by atoms with Crippen molar-refractivity contribution in [2.45, 2.75) is 18.2 Å². The summed E-state index contributed by atoms with van der Waals surface area (Å²) in [5.41, 5.74) is 1.70. The van der Waals surface area contributed by atoms with Crippen LogP contribution < -0.4 is 9.64 Å². The molecule has 1 heterocycles. The molecule has 1 aliphatic carbocycles. The zero-order valence-corrected chi connectivity index (χ0v) is 15.9. The summed E-state index contributed by atoms with van der Waals surface area (Å²) in [6, 6.07) is 7.44. The Morgan fingerprint density at radius 2 is 2.26 bits per heavy atom. The number of amides is 1. The maximum Gasteiger partial charge on any atom is 0.252 e. The monoisotopic (exact) mass is 383 g/mol. The summed E-state index contributed by atoms with van der Waals surface area (Å²) in [5.74, 6) is 4.34. The number of thiol groups is 1. The molecule has 1 atom stereocenters. The van der Waals surface area contributed by atoms with Crippen LogP contribution in [-0.2, 0) is 14.3 Å². The number of allylic oxidation sites excluding steroid dienone is 4. The van der Waals surface area contributed by atoms with Crippen molar-refractivity contribution in [1.82, 2.24) is 0 Å².